The van der Waals surface area contributed by atoms with Gasteiger partial charge in [-0.25, -0.2) is 0 Å². The third-order valence-electron chi connectivity index (χ3n) is 3.46. The third-order valence-corrected chi connectivity index (χ3v) is 3.69. The van der Waals surface area contributed by atoms with Gasteiger partial charge in [-0.05, 0) is 35.7 Å². The van der Waals surface area contributed by atoms with E-state index in [-0.39, 0.29) is 12.3 Å². The predicted octanol–water partition coefficient (Wildman–Crippen LogP) is 4.19. The Morgan fingerprint density at radius 1 is 1.19 bits per heavy atom. The number of carbonyl (C=O) groups excluding carboxylic acids is 1. The molecule has 0 unspecified atom stereocenters. The third kappa shape index (κ3) is 2.65. The van der Waals surface area contributed by atoms with Crippen molar-refractivity contribution in [2.24, 2.45) is 0 Å². The van der Waals surface area contributed by atoms with Crippen molar-refractivity contribution in [2.75, 3.05) is 7.11 Å². The van der Waals surface area contributed by atoms with Gasteiger partial charge in [0, 0.05) is 16.7 Å². The molecule has 0 amide bonds. The zero-order valence-corrected chi connectivity index (χ0v) is 12.3. The van der Waals surface area contributed by atoms with Crippen LogP contribution in [0.5, 0.6) is 5.75 Å². The number of Topliss-reactive ketones (excluding diaryl/α,β-unsaturated/α-hetero) is 1. The van der Waals surface area contributed by atoms with E-state index in [2.05, 4.69) is 0 Å². The molecule has 0 bridgehead atoms. The molecule has 0 aliphatic rings. The van der Waals surface area contributed by atoms with Gasteiger partial charge in [-0.3, -0.25) is 4.79 Å². The lowest BCUT2D eigenvalue weighted by Crippen LogP contribution is -2.10. The summed E-state index contributed by atoms with van der Waals surface area (Å²) in [6.45, 7) is 0.254. The molecule has 1 heterocycles. The molecule has 0 spiro atoms. The first-order valence-electron chi connectivity index (χ1n) is 6.59. The highest BCUT2D eigenvalue weighted by molar-refractivity contribution is 6.31. The van der Waals surface area contributed by atoms with Crippen LogP contribution in [0.2, 0.25) is 5.02 Å². The summed E-state index contributed by atoms with van der Waals surface area (Å²) in [5.41, 5.74) is 1.54. The van der Waals surface area contributed by atoms with Crippen LogP contribution in [0.15, 0.2) is 54.7 Å². The topological polar surface area (TPSA) is 31.2 Å². The van der Waals surface area contributed by atoms with Crippen LogP contribution in [-0.2, 0) is 6.54 Å². The average molecular weight is 300 g/mol. The van der Waals surface area contributed by atoms with E-state index in [1.165, 1.54) is 0 Å². The molecular formula is C17H14ClNO2. The summed E-state index contributed by atoms with van der Waals surface area (Å²) in [5, 5.41) is 1.72. The van der Waals surface area contributed by atoms with Crippen molar-refractivity contribution >= 4 is 28.3 Å². The van der Waals surface area contributed by atoms with Crippen molar-refractivity contribution in [3.63, 3.8) is 0 Å². The maximum atomic E-state index is 12.5. The Morgan fingerprint density at radius 2 is 2.00 bits per heavy atom. The van der Waals surface area contributed by atoms with E-state index in [9.17, 15) is 4.79 Å². The van der Waals surface area contributed by atoms with Crippen LogP contribution in [0.25, 0.3) is 10.9 Å². The Kier molecular flexibility index (Phi) is 3.67. The Balaban J connectivity index is 1.95. The largest absolute Gasteiger partial charge is 0.496 e. The molecule has 0 atom stereocenters. The number of fused-ring (bicyclic) bond motifs is 1. The van der Waals surface area contributed by atoms with E-state index < -0.39 is 0 Å². The normalized spacial score (nSPS) is 10.8. The summed E-state index contributed by atoms with van der Waals surface area (Å²) in [6, 6.07) is 14.9. The number of benzene rings is 2. The van der Waals surface area contributed by atoms with Crippen LogP contribution in [0.1, 0.15) is 10.4 Å². The van der Waals surface area contributed by atoms with Crippen LogP contribution >= 0.6 is 11.6 Å². The van der Waals surface area contributed by atoms with Crippen LogP contribution in [0, 0.1) is 0 Å². The Labute approximate surface area is 127 Å². The Bertz CT molecular complexity index is 807. The summed E-state index contributed by atoms with van der Waals surface area (Å²) >= 11 is 6.03. The van der Waals surface area contributed by atoms with Gasteiger partial charge in [-0.15, -0.1) is 0 Å². The molecule has 3 aromatic rings. The minimum Gasteiger partial charge on any atom is -0.496 e. The average Bonchev–Trinajstić information content (AvgIpc) is 2.89. The predicted molar refractivity (Wildman–Crippen MR) is 84.3 cm³/mol. The Morgan fingerprint density at radius 3 is 2.81 bits per heavy atom. The van der Waals surface area contributed by atoms with Crippen molar-refractivity contribution < 1.29 is 9.53 Å². The number of ether oxygens (including phenoxy) is 1. The number of hydrogen-bond donors (Lipinski definition) is 0. The van der Waals surface area contributed by atoms with Crippen molar-refractivity contribution in [1.82, 2.24) is 4.57 Å². The number of hydrogen-bond acceptors (Lipinski definition) is 2. The van der Waals surface area contributed by atoms with Gasteiger partial charge in [0.05, 0.1) is 19.2 Å². The highest BCUT2D eigenvalue weighted by Gasteiger charge is 2.13. The van der Waals surface area contributed by atoms with E-state index in [4.69, 9.17) is 16.3 Å². The van der Waals surface area contributed by atoms with Gasteiger partial charge in [0.25, 0.3) is 0 Å². The van der Waals surface area contributed by atoms with E-state index in [0.29, 0.717) is 16.3 Å². The summed E-state index contributed by atoms with van der Waals surface area (Å²) < 4.78 is 7.14. The second-order valence-corrected chi connectivity index (χ2v) is 5.21. The van der Waals surface area contributed by atoms with Crippen LogP contribution in [0.4, 0.5) is 0 Å². The summed E-state index contributed by atoms with van der Waals surface area (Å²) in [4.78, 5) is 12.5. The van der Waals surface area contributed by atoms with Gasteiger partial charge < -0.3 is 9.30 Å². The summed E-state index contributed by atoms with van der Waals surface area (Å²) in [6.07, 6.45) is 1.90. The number of halogens is 1. The van der Waals surface area contributed by atoms with E-state index in [1.807, 2.05) is 47.2 Å². The molecule has 4 heteroatoms. The van der Waals surface area contributed by atoms with Crippen LogP contribution in [-0.4, -0.2) is 17.5 Å². The molecule has 21 heavy (non-hydrogen) atoms. The number of nitrogens with zero attached hydrogens (tertiary/aromatic N) is 1. The first kappa shape index (κ1) is 13.7. The van der Waals surface area contributed by atoms with Crippen molar-refractivity contribution in [3.8, 4) is 5.75 Å². The molecule has 0 radical (unpaired) electrons. The smallest absolute Gasteiger partial charge is 0.186 e. The molecule has 3 nitrogen and oxygen atoms in total. The van der Waals surface area contributed by atoms with Crippen molar-refractivity contribution in [3.05, 3.63) is 65.3 Å². The van der Waals surface area contributed by atoms with Crippen LogP contribution < -0.4 is 4.74 Å². The summed E-state index contributed by atoms with van der Waals surface area (Å²) in [5.74, 6) is 0.599. The van der Waals surface area contributed by atoms with E-state index in [1.54, 1.807) is 19.2 Å². The molecule has 0 fully saturated rings. The van der Waals surface area contributed by atoms with Crippen molar-refractivity contribution in [2.45, 2.75) is 6.54 Å². The zero-order valence-electron chi connectivity index (χ0n) is 11.5. The lowest BCUT2D eigenvalue weighted by atomic mass is 10.1. The molecule has 106 valence electrons. The lowest BCUT2D eigenvalue weighted by Gasteiger charge is -2.09. The van der Waals surface area contributed by atoms with Gasteiger partial charge in [-0.1, -0.05) is 29.8 Å². The van der Waals surface area contributed by atoms with Gasteiger partial charge in [0.1, 0.15) is 5.75 Å². The number of methoxy groups -OCH3 is 1. The molecular weight excluding hydrogens is 286 g/mol. The number of carbonyl (C=O) groups is 1. The maximum absolute atomic E-state index is 12.5. The SMILES string of the molecule is COc1ccccc1C(=O)Cn1ccc2ccc(Cl)cc21. The van der Waals surface area contributed by atoms with Gasteiger partial charge in [0.15, 0.2) is 5.78 Å². The number of aromatic nitrogens is 1. The fraction of sp³-hybridized carbons (Fsp3) is 0.118. The second kappa shape index (κ2) is 5.62. The molecule has 2 aromatic carbocycles. The maximum Gasteiger partial charge on any atom is 0.186 e. The minimum absolute atomic E-state index is 0.00456. The molecule has 0 saturated carbocycles. The monoisotopic (exact) mass is 299 g/mol. The Hall–Kier alpha value is -2.26. The van der Waals surface area contributed by atoms with Gasteiger partial charge >= 0.3 is 0 Å². The molecule has 0 saturated heterocycles. The highest BCUT2D eigenvalue weighted by atomic mass is 35.5. The minimum atomic E-state index is 0.00456. The van der Waals surface area contributed by atoms with E-state index >= 15 is 0 Å². The van der Waals surface area contributed by atoms with E-state index in [0.717, 1.165) is 10.9 Å². The molecule has 0 aliphatic carbocycles. The lowest BCUT2D eigenvalue weighted by molar-refractivity contribution is 0.0970. The number of rotatable bonds is 4. The van der Waals surface area contributed by atoms with Gasteiger partial charge in [-0.2, -0.15) is 0 Å². The zero-order chi connectivity index (χ0) is 14.8. The second-order valence-electron chi connectivity index (χ2n) is 4.77. The molecule has 0 aliphatic heterocycles. The van der Waals surface area contributed by atoms with Crippen molar-refractivity contribution in [1.29, 1.82) is 0 Å². The fourth-order valence-corrected chi connectivity index (χ4v) is 2.58. The summed E-state index contributed by atoms with van der Waals surface area (Å²) in [7, 11) is 1.57. The fourth-order valence-electron chi connectivity index (χ4n) is 2.41. The highest BCUT2D eigenvalue weighted by Crippen LogP contribution is 2.23. The van der Waals surface area contributed by atoms with Crippen LogP contribution in [0.3, 0.4) is 0 Å². The molecule has 3 rings (SSSR count). The first-order chi connectivity index (χ1) is 10.2. The first-order valence-corrected chi connectivity index (χ1v) is 6.97. The van der Waals surface area contributed by atoms with Gasteiger partial charge in [0.2, 0.25) is 0 Å². The quantitative estimate of drug-likeness (QED) is 0.677. The standard InChI is InChI=1S/C17H14ClNO2/c1-21-17-5-3-2-4-14(17)16(20)11-19-9-8-12-6-7-13(18)10-15(12)19/h2-10H,11H2,1H3. The molecule has 0 N–H and O–H groups in total. The number of ketones is 1. The molecule has 1 aromatic heterocycles. The number of para-hydroxylation sites is 1.